The topological polar surface area (TPSA) is 0 Å². The fraction of sp³-hybridized carbons (Fsp3) is 0.474. The van der Waals surface area contributed by atoms with Gasteiger partial charge in [0.1, 0.15) is 0 Å². The van der Waals surface area contributed by atoms with Crippen molar-refractivity contribution in [1.29, 1.82) is 0 Å². The predicted octanol–water partition coefficient (Wildman–Crippen LogP) is 33.0. The molecule has 0 aliphatic heterocycles. The average molecular weight is 1520 g/mol. The molecule has 0 aromatic heterocycles. The summed E-state index contributed by atoms with van der Waals surface area (Å²) in [6.07, 6.45) is 0. The zero-order valence-corrected chi connectivity index (χ0v) is 82.0. The molecule has 0 unspecified atom stereocenters. The summed E-state index contributed by atoms with van der Waals surface area (Å²) >= 11 is 0. The van der Waals surface area contributed by atoms with Gasteiger partial charge >= 0.3 is 0 Å². The summed E-state index contributed by atoms with van der Waals surface area (Å²) in [7, 11) is 0. The molecule has 606 valence electrons. The molecule has 0 fully saturated rings. The minimum absolute atomic E-state index is 0.0849. The highest BCUT2D eigenvalue weighted by Crippen LogP contribution is 2.61. The van der Waals surface area contributed by atoms with Crippen LogP contribution in [0, 0.1) is 277 Å². The molecule has 0 N–H and O–H groups in total. The SMILES string of the molecule is CC1=C(C)C(C)(C)c2c(C)c(C)c(C)c(C)c21.Cc1c(C)c(C)c(-c2c(C)c(C)c(C)c(C)c2C)c(C)c1C.Cc1c(C)c(C)c2c(c1C)-c1c(C)c(C)c(C)c(C)c1C(C)(C)C2(C)C.Cc1c(C)c(C)c2c(c1C)-c1c(C)c(C)c(C)c(C)c1C2(C)C.Cc1c(C)c2c(C)c(C)c3c(C)c(C)c(C)c4c(C)c(C)c(c1C)c2c34. The summed E-state index contributed by atoms with van der Waals surface area (Å²) in [6.45, 7) is 116. The van der Waals surface area contributed by atoms with Crippen molar-refractivity contribution in [3.8, 4) is 33.4 Å². The van der Waals surface area contributed by atoms with Crippen LogP contribution in [-0.2, 0) is 21.7 Å². The van der Waals surface area contributed by atoms with E-state index in [0.29, 0.717) is 0 Å². The van der Waals surface area contributed by atoms with E-state index in [9.17, 15) is 0 Å². The zero-order chi connectivity index (χ0) is 86.6. The second kappa shape index (κ2) is 29.7. The second-order valence-corrected chi connectivity index (χ2v) is 39.5. The minimum atomic E-state index is 0.0849. The lowest BCUT2D eigenvalue weighted by Crippen LogP contribution is -2.45. The van der Waals surface area contributed by atoms with Crippen LogP contribution in [0.5, 0.6) is 0 Å². The molecule has 0 radical (unpaired) electrons. The van der Waals surface area contributed by atoms with Crippen LogP contribution in [0.25, 0.3) is 71.3 Å². The molecule has 0 saturated heterocycles. The number of hydrogen-bond donors (Lipinski definition) is 0. The maximum atomic E-state index is 2.46. The maximum absolute atomic E-state index is 2.46. The average Bonchev–Trinajstić information content (AvgIpc) is 0.710. The van der Waals surface area contributed by atoms with Crippen molar-refractivity contribution < 1.29 is 0 Å². The molecule has 0 heteroatoms. The van der Waals surface area contributed by atoms with Gasteiger partial charge in [0.15, 0.2) is 0 Å². The first-order valence-electron chi connectivity index (χ1n) is 43.2. The lowest BCUT2D eigenvalue weighted by Gasteiger charge is -2.51. The highest BCUT2D eigenvalue weighted by Gasteiger charge is 2.50. The molecule has 3 aliphatic rings. The Morgan fingerprint density at radius 2 is 0.254 bits per heavy atom. The first-order chi connectivity index (χ1) is 52.2. The zero-order valence-electron chi connectivity index (χ0n) is 82.0. The first-order valence-corrected chi connectivity index (χ1v) is 43.2. The van der Waals surface area contributed by atoms with Gasteiger partial charge in [-0.05, 0) is 629 Å². The van der Waals surface area contributed by atoms with E-state index in [2.05, 4.69) is 346 Å². The summed E-state index contributed by atoms with van der Waals surface area (Å²) in [5.41, 5.74) is 80.2. The van der Waals surface area contributed by atoms with Crippen molar-refractivity contribution in [3.05, 3.63) is 261 Å². The van der Waals surface area contributed by atoms with Gasteiger partial charge in [-0.3, -0.25) is 0 Å². The van der Waals surface area contributed by atoms with Crippen molar-refractivity contribution >= 4 is 37.9 Å². The number of allylic oxidation sites excluding steroid dienone is 2. The molecule has 11 aromatic rings. The van der Waals surface area contributed by atoms with Gasteiger partial charge < -0.3 is 0 Å². The van der Waals surface area contributed by atoms with E-state index in [1.54, 1.807) is 27.8 Å². The van der Waals surface area contributed by atoms with E-state index in [0.717, 1.165) is 0 Å². The monoisotopic (exact) mass is 1520 g/mol. The van der Waals surface area contributed by atoms with Crippen LogP contribution >= 0.6 is 0 Å². The molecule has 11 aromatic carbocycles. The number of aryl methyl sites for hydroxylation is 8. The van der Waals surface area contributed by atoms with E-state index in [4.69, 9.17) is 0 Å². The Morgan fingerprint density at radius 3 is 0.474 bits per heavy atom. The predicted molar refractivity (Wildman–Crippen MR) is 511 cm³/mol. The highest BCUT2D eigenvalue weighted by molar-refractivity contribution is 6.29. The van der Waals surface area contributed by atoms with Crippen molar-refractivity contribution in [2.45, 2.75) is 368 Å². The van der Waals surface area contributed by atoms with E-state index in [1.807, 2.05) is 0 Å². The van der Waals surface area contributed by atoms with Crippen LogP contribution in [0.1, 0.15) is 325 Å². The summed E-state index contributed by atoms with van der Waals surface area (Å²) < 4.78 is 0. The molecule has 0 spiro atoms. The lowest BCUT2D eigenvalue weighted by atomic mass is 9.52. The van der Waals surface area contributed by atoms with Gasteiger partial charge in [0, 0.05) is 10.8 Å². The van der Waals surface area contributed by atoms with E-state index in [1.165, 1.54) is 305 Å². The molecule has 0 amide bonds. The molecular weight excluding hydrogens is 1370 g/mol. The fourth-order valence-corrected chi connectivity index (χ4v) is 23.0. The molecule has 3 aliphatic carbocycles. The third kappa shape index (κ3) is 12.2. The van der Waals surface area contributed by atoms with Gasteiger partial charge in [0.05, 0.1) is 0 Å². The molecule has 114 heavy (non-hydrogen) atoms. The van der Waals surface area contributed by atoms with Crippen LogP contribution in [0.4, 0.5) is 0 Å². The Balaban J connectivity index is 0.000000152. The Kier molecular flexibility index (Phi) is 23.1. The molecule has 14 rings (SSSR count). The van der Waals surface area contributed by atoms with Gasteiger partial charge in [-0.2, -0.15) is 0 Å². The van der Waals surface area contributed by atoms with Gasteiger partial charge in [-0.25, -0.2) is 0 Å². The smallest absolute Gasteiger partial charge is 0.0164 e. The van der Waals surface area contributed by atoms with Gasteiger partial charge in [-0.1, -0.05) is 61.0 Å². The maximum Gasteiger partial charge on any atom is 0.0164 e. The lowest BCUT2D eigenvalue weighted by molar-refractivity contribution is 0.295. The van der Waals surface area contributed by atoms with Crippen molar-refractivity contribution in [3.63, 3.8) is 0 Å². The van der Waals surface area contributed by atoms with E-state index in [-0.39, 0.29) is 21.7 Å². The largest absolute Gasteiger partial charge is 0.0597 e. The summed E-state index contributed by atoms with van der Waals surface area (Å²) in [5.74, 6) is 0. The van der Waals surface area contributed by atoms with Crippen LogP contribution in [-0.4, -0.2) is 0 Å². The fourth-order valence-electron chi connectivity index (χ4n) is 23.0. The number of rotatable bonds is 1. The number of benzene rings is 11. The summed E-state index contributed by atoms with van der Waals surface area (Å²) in [4.78, 5) is 0. The van der Waals surface area contributed by atoms with Gasteiger partial charge in [0.2, 0.25) is 0 Å². The van der Waals surface area contributed by atoms with Crippen molar-refractivity contribution in [1.82, 2.24) is 0 Å². The Hall–Kier alpha value is -7.80. The van der Waals surface area contributed by atoms with E-state index < -0.39 is 0 Å². The van der Waals surface area contributed by atoms with Crippen molar-refractivity contribution in [2.24, 2.45) is 0 Å². The molecule has 0 atom stereocenters. The number of hydrogen-bond acceptors (Lipinski definition) is 0. The van der Waals surface area contributed by atoms with Crippen molar-refractivity contribution in [2.75, 3.05) is 0 Å². The van der Waals surface area contributed by atoms with Crippen LogP contribution in [0.2, 0.25) is 0 Å². The molecule has 0 saturated carbocycles. The molecular formula is C114H150. The Labute approximate surface area is 696 Å². The standard InChI is InChI=1S/C26H30.C26H36.C23H30.C22H30.C17H24/c1-11-13(3)21-17(7)19(9)23-15(5)12(2)16(6)24-20(10)18(8)22(14(11)4)25(21)26(23)24;1-13-15(3)19(7)23-21(17(13)5)22-18(6)14(2)16(4)20(8)24(22)26(11,12)25(23,9)10;1-11-13(3)17(7)21-19(15(11)5)20-16(6)12(2)14(4)18(8)22(20)23(21,9)10;1-11-13(3)17(7)21(18(8)14(11)4)22-19(9)15(5)12(2)16(6)20(22)10;1-9-10(2)12(4)16-15(11(9)3)13(5)14(6)17(16,7)8/h1-10H3;1-12H3;1-10H3;1-10H3;1-8H3. The first kappa shape index (κ1) is 88.6. The second-order valence-electron chi connectivity index (χ2n) is 39.5. The van der Waals surface area contributed by atoms with Crippen LogP contribution in [0.15, 0.2) is 5.57 Å². The molecule has 0 bridgehead atoms. The summed E-state index contributed by atoms with van der Waals surface area (Å²) in [6, 6.07) is 0. The highest BCUT2D eigenvalue weighted by atomic mass is 14.5. The molecule has 0 heterocycles. The number of fused-ring (bicyclic) bond motifs is 7. The van der Waals surface area contributed by atoms with Gasteiger partial charge in [0.25, 0.3) is 0 Å². The third-order valence-corrected chi connectivity index (χ3v) is 34.4. The van der Waals surface area contributed by atoms with Crippen LogP contribution < -0.4 is 0 Å². The molecule has 0 nitrogen and oxygen atoms in total. The van der Waals surface area contributed by atoms with Crippen LogP contribution in [0.3, 0.4) is 0 Å². The normalized spacial score (nSPS) is 14.5. The van der Waals surface area contributed by atoms with Gasteiger partial charge in [-0.15, -0.1) is 0 Å². The Morgan fingerprint density at radius 1 is 0.114 bits per heavy atom. The third-order valence-electron chi connectivity index (χ3n) is 34.4. The Bertz CT molecular complexity index is 5610. The van der Waals surface area contributed by atoms with E-state index >= 15 is 0 Å². The minimum Gasteiger partial charge on any atom is -0.0597 e. The summed E-state index contributed by atoms with van der Waals surface area (Å²) in [5, 5.41) is 8.97. The quantitative estimate of drug-likeness (QED) is 0.144.